The molecule has 2 aliphatic carbocycles. The number of carboxylic acids is 1. The van der Waals surface area contributed by atoms with Crippen molar-refractivity contribution in [1.29, 1.82) is 0 Å². The number of hydrogen-bond donors (Lipinski definition) is 1. The third kappa shape index (κ3) is 1.58. The summed E-state index contributed by atoms with van der Waals surface area (Å²) in [4.78, 5) is 26.1. The zero-order valence-electron chi connectivity index (χ0n) is 10.6. The van der Waals surface area contributed by atoms with Crippen molar-refractivity contribution in [2.75, 3.05) is 6.54 Å². The average molecular weight is 249 g/mol. The molecule has 0 aromatic carbocycles. The van der Waals surface area contributed by atoms with Crippen molar-refractivity contribution in [2.24, 2.45) is 17.3 Å². The number of hydrogen-bond acceptors (Lipinski definition) is 2. The minimum absolute atomic E-state index is 0.0722. The molecule has 4 nitrogen and oxygen atoms in total. The fourth-order valence-electron chi connectivity index (χ4n) is 3.46. The smallest absolute Gasteiger partial charge is 0.310 e. The second-order valence-electron chi connectivity index (χ2n) is 6.05. The molecule has 1 saturated carbocycles. The Kier molecular flexibility index (Phi) is 2.50. The molecule has 0 bridgehead atoms. The van der Waals surface area contributed by atoms with Crippen LogP contribution >= 0.6 is 0 Å². The molecule has 0 unspecified atom stereocenters. The molecule has 1 aliphatic heterocycles. The average Bonchev–Trinajstić information content (AvgIpc) is 3.13. The van der Waals surface area contributed by atoms with Gasteiger partial charge in [-0.05, 0) is 38.5 Å². The van der Waals surface area contributed by atoms with Crippen LogP contribution in [0.3, 0.4) is 0 Å². The molecule has 1 saturated heterocycles. The van der Waals surface area contributed by atoms with Crippen LogP contribution < -0.4 is 0 Å². The number of piperidine rings is 1. The first-order chi connectivity index (χ1) is 8.54. The van der Waals surface area contributed by atoms with Crippen molar-refractivity contribution < 1.29 is 14.7 Å². The minimum atomic E-state index is -0.927. The first-order valence-corrected chi connectivity index (χ1v) is 6.74. The summed E-state index contributed by atoms with van der Waals surface area (Å²) in [7, 11) is 0. The Hall–Kier alpha value is -1.32. The Balaban J connectivity index is 1.94. The Labute approximate surface area is 107 Å². The summed E-state index contributed by atoms with van der Waals surface area (Å²) in [5, 5.41) is 9.49. The van der Waals surface area contributed by atoms with Crippen molar-refractivity contribution in [3.05, 3.63) is 12.2 Å². The van der Waals surface area contributed by atoms with Crippen molar-refractivity contribution in [3.8, 4) is 0 Å². The van der Waals surface area contributed by atoms with Crippen LogP contribution in [0.4, 0.5) is 0 Å². The molecule has 0 aromatic heterocycles. The normalized spacial score (nSPS) is 39.6. The quantitative estimate of drug-likeness (QED) is 0.757. The molecule has 0 spiro atoms. The maximum absolute atomic E-state index is 12.6. The van der Waals surface area contributed by atoms with Crippen LogP contribution in [0, 0.1) is 17.3 Å². The predicted octanol–water partition coefficient (Wildman–Crippen LogP) is 1.66. The fourth-order valence-corrected chi connectivity index (χ4v) is 3.46. The number of aliphatic carboxylic acids is 1. The number of carboxylic acid groups (broad SMARTS) is 1. The van der Waals surface area contributed by atoms with Crippen molar-refractivity contribution in [1.82, 2.24) is 4.90 Å². The third-order valence-electron chi connectivity index (χ3n) is 4.77. The van der Waals surface area contributed by atoms with Gasteiger partial charge in [0.15, 0.2) is 0 Å². The van der Waals surface area contributed by atoms with Gasteiger partial charge in [-0.2, -0.15) is 0 Å². The van der Waals surface area contributed by atoms with Gasteiger partial charge in [0.1, 0.15) is 0 Å². The van der Waals surface area contributed by atoms with Gasteiger partial charge in [0.2, 0.25) is 5.91 Å². The van der Waals surface area contributed by atoms with E-state index in [1.807, 2.05) is 11.0 Å². The highest BCUT2D eigenvalue weighted by Crippen LogP contribution is 2.47. The molecular formula is C14H19NO3. The number of allylic oxidation sites excluding steroid dienone is 2. The van der Waals surface area contributed by atoms with Gasteiger partial charge in [0.05, 0.1) is 11.3 Å². The number of fused-ring (bicyclic) bond motifs is 1. The topological polar surface area (TPSA) is 57.6 Å². The highest BCUT2D eigenvalue weighted by molar-refractivity contribution is 5.89. The van der Waals surface area contributed by atoms with E-state index in [1.54, 1.807) is 6.92 Å². The SMILES string of the molecule is C[C@@]1(C(=O)O)CC=C[C@@H]2CCN(C3CC3)C(=O)[C@@H]21. The summed E-state index contributed by atoms with van der Waals surface area (Å²) in [5.74, 6) is -1.02. The summed E-state index contributed by atoms with van der Waals surface area (Å²) >= 11 is 0. The van der Waals surface area contributed by atoms with Crippen LogP contribution in [0.5, 0.6) is 0 Å². The second kappa shape index (κ2) is 3.84. The molecule has 3 aliphatic rings. The zero-order chi connectivity index (χ0) is 12.9. The van der Waals surface area contributed by atoms with Crippen LogP contribution in [-0.2, 0) is 9.59 Å². The largest absolute Gasteiger partial charge is 0.481 e. The van der Waals surface area contributed by atoms with E-state index in [-0.39, 0.29) is 17.7 Å². The number of likely N-dealkylation sites (tertiary alicyclic amines) is 1. The van der Waals surface area contributed by atoms with Crippen molar-refractivity contribution >= 4 is 11.9 Å². The van der Waals surface area contributed by atoms with Crippen LogP contribution in [0.15, 0.2) is 12.2 Å². The van der Waals surface area contributed by atoms with Gasteiger partial charge in [-0.15, -0.1) is 0 Å². The van der Waals surface area contributed by atoms with Gasteiger partial charge >= 0.3 is 5.97 Å². The molecule has 3 atom stereocenters. The zero-order valence-corrected chi connectivity index (χ0v) is 10.6. The van der Waals surface area contributed by atoms with Gasteiger partial charge < -0.3 is 10.0 Å². The number of carbonyl (C=O) groups excluding carboxylic acids is 1. The van der Waals surface area contributed by atoms with E-state index in [0.717, 1.165) is 25.8 Å². The van der Waals surface area contributed by atoms with Gasteiger partial charge in [-0.3, -0.25) is 9.59 Å². The summed E-state index contributed by atoms with van der Waals surface area (Å²) < 4.78 is 0. The molecule has 1 N–H and O–H groups in total. The van der Waals surface area contributed by atoms with E-state index >= 15 is 0 Å². The fraction of sp³-hybridized carbons (Fsp3) is 0.714. The van der Waals surface area contributed by atoms with Gasteiger partial charge in [0, 0.05) is 12.6 Å². The number of amides is 1. The van der Waals surface area contributed by atoms with E-state index < -0.39 is 11.4 Å². The van der Waals surface area contributed by atoms with Gasteiger partial charge in [-0.1, -0.05) is 12.2 Å². The van der Waals surface area contributed by atoms with E-state index in [9.17, 15) is 14.7 Å². The molecule has 1 heterocycles. The van der Waals surface area contributed by atoms with Gasteiger partial charge in [0.25, 0.3) is 0 Å². The monoisotopic (exact) mass is 249 g/mol. The Morgan fingerprint density at radius 2 is 2.17 bits per heavy atom. The lowest BCUT2D eigenvalue weighted by Crippen LogP contribution is -2.55. The number of carbonyl (C=O) groups is 2. The molecule has 2 fully saturated rings. The molecule has 0 radical (unpaired) electrons. The van der Waals surface area contributed by atoms with Crippen LogP contribution in [0.2, 0.25) is 0 Å². The first-order valence-electron chi connectivity index (χ1n) is 6.74. The molecule has 1 amide bonds. The van der Waals surface area contributed by atoms with Crippen molar-refractivity contribution in [3.63, 3.8) is 0 Å². The second-order valence-corrected chi connectivity index (χ2v) is 6.05. The molecule has 0 aromatic rings. The summed E-state index contributed by atoms with van der Waals surface area (Å²) in [5.41, 5.74) is -0.927. The molecule has 3 rings (SSSR count). The molecule has 18 heavy (non-hydrogen) atoms. The molecule has 4 heteroatoms. The Morgan fingerprint density at radius 3 is 2.78 bits per heavy atom. The molecular weight excluding hydrogens is 230 g/mol. The van der Waals surface area contributed by atoms with Gasteiger partial charge in [-0.25, -0.2) is 0 Å². The van der Waals surface area contributed by atoms with Crippen LogP contribution in [0.25, 0.3) is 0 Å². The van der Waals surface area contributed by atoms with E-state index in [0.29, 0.717) is 12.5 Å². The maximum atomic E-state index is 12.6. The predicted molar refractivity (Wildman–Crippen MR) is 65.8 cm³/mol. The van der Waals surface area contributed by atoms with Crippen molar-refractivity contribution in [2.45, 2.75) is 38.6 Å². The van der Waals surface area contributed by atoms with Crippen LogP contribution in [-0.4, -0.2) is 34.5 Å². The summed E-state index contributed by atoms with van der Waals surface area (Å²) in [6.07, 6.45) is 7.54. The minimum Gasteiger partial charge on any atom is -0.481 e. The summed E-state index contributed by atoms with van der Waals surface area (Å²) in [6.45, 7) is 2.52. The lowest BCUT2D eigenvalue weighted by Gasteiger charge is -2.45. The highest BCUT2D eigenvalue weighted by Gasteiger charge is 2.54. The van der Waals surface area contributed by atoms with E-state index in [1.165, 1.54) is 0 Å². The van der Waals surface area contributed by atoms with E-state index in [2.05, 4.69) is 6.08 Å². The Morgan fingerprint density at radius 1 is 1.44 bits per heavy atom. The third-order valence-corrected chi connectivity index (χ3v) is 4.77. The summed E-state index contributed by atoms with van der Waals surface area (Å²) in [6, 6.07) is 0.391. The standard InChI is InChI=1S/C14H19NO3/c1-14(13(17)18)7-2-3-9-6-8-15(10-4-5-10)12(16)11(9)14/h2-3,9-11H,4-8H2,1H3,(H,17,18)/t9-,11-,14-/m1/s1. The number of nitrogens with zero attached hydrogens (tertiary/aromatic N) is 1. The number of rotatable bonds is 2. The molecule has 98 valence electrons. The first kappa shape index (κ1) is 11.8. The Bertz CT molecular complexity index is 427. The lowest BCUT2D eigenvalue weighted by atomic mass is 9.62. The lowest BCUT2D eigenvalue weighted by molar-refractivity contribution is -0.164. The maximum Gasteiger partial charge on any atom is 0.310 e. The van der Waals surface area contributed by atoms with Crippen LogP contribution in [0.1, 0.15) is 32.6 Å². The highest BCUT2D eigenvalue weighted by atomic mass is 16.4. The van der Waals surface area contributed by atoms with E-state index in [4.69, 9.17) is 0 Å².